The summed E-state index contributed by atoms with van der Waals surface area (Å²) in [6, 6.07) is 4.61. The van der Waals surface area contributed by atoms with E-state index >= 15 is 0 Å². The first-order valence-corrected chi connectivity index (χ1v) is 8.51. The SMILES string of the molecule is CNS(=O)(=O)c1ccc(OC2CCCCCC2)c(N)c1. The fourth-order valence-corrected chi connectivity index (χ4v) is 3.22. The molecule has 1 aromatic rings. The van der Waals surface area contributed by atoms with Crippen LogP contribution >= 0.6 is 0 Å². The van der Waals surface area contributed by atoms with Gasteiger partial charge in [0.05, 0.1) is 16.7 Å². The third-order valence-electron chi connectivity index (χ3n) is 3.66. The van der Waals surface area contributed by atoms with E-state index in [1.165, 1.54) is 44.9 Å². The molecule has 0 heterocycles. The number of sulfonamides is 1. The highest BCUT2D eigenvalue weighted by molar-refractivity contribution is 7.89. The van der Waals surface area contributed by atoms with E-state index in [1.807, 2.05) is 0 Å². The highest BCUT2D eigenvalue weighted by atomic mass is 32.2. The van der Waals surface area contributed by atoms with Crippen molar-refractivity contribution in [2.45, 2.75) is 49.5 Å². The first kappa shape index (κ1) is 15.1. The fourth-order valence-electron chi connectivity index (χ4n) is 2.46. The summed E-state index contributed by atoms with van der Waals surface area (Å²) in [5.41, 5.74) is 6.28. The summed E-state index contributed by atoms with van der Waals surface area (Å²) < 4.78 is 31.6. The van der Waals surface area contributed by atoms with Crippen molar-refractivity contribution in [3.63, 3.8) is 0 Å². The van der Waals surface area contributed by atoms with Gasteiger partial charge in [0.15, 0.2) is 0 Å². The number of nitrogens with two attached hydrogens (primary N) is 1. The number of anilines is 1. The van der Waals surface area contributed by atoms with Gasteiger partial charge in [-0.05, 0) is 50.9 Å². The maximum absolute atomic E-state index is 11.7. The lowest BCUT2D eigenvalue weighted by atomic mass is 10.1. The summed E-state index contributed by atoms with van der Waals surface area (Å²) in [5.74, 6) is 0.576. The normalized spacial score (nSPS) is 17.6. The second kappa shape index (κ2) is 6.45. The Kier molecular flexibility index (Phi) is 4.88. The second-order valence-electron chi connectivity index (χ2n) is 5.14. The molecule has 0 saturated heterocycles. The average Bonchev–Trinajstić information content (AvgIpc) is 2.69. The first-order chi connectivity index (χ1) is 9.53. The molecule has 0 aromatic heterocycles. The summed E-state index contributed by atoms with van der Waals surface area (Å²) in [4.78, 5) is 0.158. The van der Waals surface area contributed by atoms with Crippen molar-refractivity contribution in [2.75, 3.05) is 12.8 Å². The van der Waals surface area contributed by atoms with E-state index in [-0.39, 0.29) is 11.0 Å². The molecule has 1 aliphatic rings. The molecule has 6 heteroatoms. The lowest BCUT2D eigenvalue weighted by Crippen LogP contribution is -2.19. The van der Waals surface area contributed by atoms with Gasteiger partial charge in [0.1, 0.15) is 5.75 Å². The summed E-state index contributed by atoms with van der Waals surface area (Å²) in [6.07, 6.45) is 7.13. The molecule has 0 bridgehead atoms. The number of ether oxygens (including phenoxy) is 1. The largest absolute Gasteiger partial charge is 0.488 e. The smallest absolute Gasteiger partial charge is 0.240 e. The highest BCUT2D eigenvalue weighted by Gasteiger charge is 2.17. The van der Waals surface area contributed by atoms with E-state index < -0.39 is 10.0 Å². The van der Waals surface area contributed by atoms with Crippen molar-refractivity contribution in [3.05, 3.63) is 18.2 Å². The predicted molar refractivity (Wildman–Crippen MR) is 79.2 cm³/mol. The number of benzene rings is 1. The lowest BCUT2D eigenvalue weighted by Gasteiger charge is -2.18. The van der Waals surface area contributed by atoms with Gasteiger partial charge in [-0.3, -0.25) is 0 Å². The van der Waals surface area contributed by atoms with Crippen LogP contribution < -0.4 is 15.2 Å². The summed E-state index contributed by atoms with van der Waals surface area (Å²) in [6.45, 7) is 0. The van der Waals surface area contributed by atoms with Gasteiger partial charge >= 0.3 is 0 Å². The van der Waals surface area contributed by atoms with E-state index in [0.717, 1.165) is 12.8 Å². The molecule has 1 saturated carbocycles. The summed E-state index contributed by atoms with van der Waals surface area (Å²) in [5, 5.41) is 0. The van der Waals surface area contributed by atoms with E-state index in [0.29, 0.717) is 11.4 Å². The topological polar surface area (TPSA) is 81.4 Å². The molecule has 0 aliphatic heterocycles. The van der Waals surface area contributed by atoms with Crippen LogP contribution in [0.15, 0.2) is 23.1 Å². The summed E-state index contributed by atoms with van der Waals surface area (Å²) >= 11 is 0. The van der Waals surface area contributed by atoms with Crippen LogP contribution in [0.2, 0.25) is 0 Å². The lowest BCUT2D eigenvalue weighted by molar-refractivity contribution is 0.185. The Hall–Kier alpha value is -1.27. The van der Waals surface area contributed by atoms with Crippen molar-refractivity contribution in [2.24, 2.45) is 0 Å². The van der Waals surface area contributed by atoms with Gasteiger partial charge < -0.3 is 10.5 Å². The number of hydrogen-bond acceptors (Lipinski definition) is 4. The molecule has 5 nitrogen and oxygen atoms in total. The average molecular weight is 298 g/mol. The van der Waals surface area contributed by atoms with Gasteiger partial charge in [-0.25, -0.2) is 13.1 Å². The van der Waals surface area contributed by atoms with Crippen molar-refractivity contribution in [1.29, 1.82) is 0 Å². The van der Waals surface area contributed by atoms with Crippen molar-refractivity contribution >= 4 is 15.7 Å². The zero-order chi connectivity index (χ0) is 14.6. The molecule has 0 amide bonds. The zero-order valence-corrected chi connectivity index (χ0v) is 12.6. The number of nitrogen functional groups attached to an aromatic ring is 1. The molecule has 0 spiro atoms. The molecule has 0 unspecified atom stereocenters. The third-order valence-corrected chi connectivity index (χ3v) is 5.07. The minimum Gasteiger partial charge on any atom is -0.488 e. The van der Waals surface area contributed by atoms with Gasteiger partial charge in [-0.1, -0.05) is 12.8 Å². The van der Waals surface area contributed by atoms with Crippen molar-refractivity contribution in [3.8, 4) is 5.75 Å². The standard InChI is InChI=1S/C14H22N2O3S/c1-16-20(17,18)12-8-9-14(13(15)10-12)19-11-6-4-2-3-5-7-11/h8-11,16H,2-7,15H2,1H3. The Morgan fingerprint density at radius 2 is 1.85 bits per heavy atom. The van der Waals surface area contributed by atoms with Crippen molar-refractivity contribution in [1.82, 2.24) is 4.72 Å². The molecule has 3 N–H and O–H groups in total. The second-order valence-corrected chi connectivity index (χ2v) is 7.03. The summed E-state index contributed by atoms with van der Waals surface area (Å²) in [7, 11) is -2.09. The molecule has 1 aliphatic carbocycles. The van der Waals surface area contributed by atoms with E-state index in [4.69, 9.17) is 10.5 Å². The fraction of sp³-hybridized carbons (Fsp3) is 0.571. The van der Waals surface area contributed by atoms with Gasteiger partial charge in [0.2, 0.25) is 10.0 Å². The molecule has 2 rings (SSSR count). The maximum Gasteiger partial charge on any atom is 0.240 e. The van der Waals surface area contributed by atoms with Crippen LogP contribution in [0.3, 0.4) is 0 Å². The Bertz CT molecular complexity index is 550. The molecule has 1 aromatic carbocycles. The molecular weight excluding hydrogens is 276 g/mol. The third kappa shape index (κ3) is 3.64. The van der Waals surface area contributed by atoms with E-state index in [1.54, 1.807) is 6.07 Å². The minimum absolute atomic E-state index is 0.158. The first-order valence-electron chi connectivity index (χ1n) is 7.02. The van der Waals surface area contributed by atoms with Crippen LogP contribution in [0, 0.1) is 0 Å². The zero-order valence-electron chi connectivity index (χ0n) is 11.8. The molecule has 0 radical (unpaired) electrons. The number of hydrogen-bond donors (Lipinski definition) is 2. The Balaban J connectivity index is 2.13. The molecule has 1 fully saturated rings. The predicted octanol–water partition coefficient (Wildman–Crippen LogP) is 2.28. The monoisotopic (exact) mass is 298 g/mol. The number of nitrogens with one attached hydrogen (secondary N) is 1. The Morgan fingerprint density at radius 1 is 1.20 bits per heavy atom. The van der Waals surface area contributed by atoms with Crippen molar-refractivity contribution < 1.29 is 13.2 Å². The molecule has 112 valence electrons. The van der Waals surface area contributed by atoms with E-state index in [9.17, 15) is 8.42 Å². The van der Waals surface area contributed by atoms with Crippen LogP contribution in [0.5, 0.6) is 5.75 Å². The number of rotatable bonds is 4. The van der Waals surface area contributed by atoms with Crippen LogP contribution in [-0.2, 0) is 10.0 Å². The van der Waals surface area contributed by atoms with Gasteiger partial charge in [0.25, 0.3) is 0 Å². The van der Waals surface area contributed by atoms with Gasteiger partial charge in [-0.15, -0.1) is 0 Å². The van der Waals surface area contributed by atoms with Crippen LogP contribution in [0.1, 0.15) is 38.5 Å². The molecular formula is C14H22N2O3S. The quantitative estimate of drug-likeness (QED) is 0.660. The van der Waals surface area contributed by atoms with Crippen LogP contribution in [-0.4, -0.2) is 21.6 Å². The van der Waals surface area contributed by atoms with Gasteiger partial charge in [0, 0.05) is 0 Å². The molecule has 0 atom stereocenters. The maximum atomic E-state index is 11.7. The van der Waals surface area contributed by atoms with Gasteiger partial charge in [-0.2, -0.15) is 0 Å². The van der Waals surface area contributed by atoms with Crippen LogP contribution in [0.25, 0.3) is 0 Å². The Morgan fingerprint density at radius 3 is 2.40 bits per heavy atom. The van der Waals surface area contributed by atoms with Crippen LogP contribution in [0.4, 0.5) is 5.69 Å². The minimum atomic E-state index is -3.46. The Labute approximate surface area is 120 Å². The highest BCUT2D eigenvalue weighted by Crippen LogP contribution is 2.29. The van der Waals surface area contributed by atoms with E-state index in [2.05, 4.69) is 4.72 Å². The molecule has 20 heavy (non-hydrogen) atoms.